The van der Waals surface area contributed by atoms with Crippen LogP contribution in [0.2, 0.25) is 0 Å². The van der Waals surface area contributed by atoms with Crippen LogP contribution in [0.4, 0.5) is 0 Å². The molecule has 0 fully saturated rings. The van der Waals surface area contributed by atoms with Gasteiger partial charge in [0.25, 0.3) is 0 Å². The van der Waals surface area contributed by atoms with Gasteiger partial charge in [-0.25, -0.2) is 18.0 Å². The van der Waals surface area contributed by atoms with E-state index < -0.39 is 43.1 Å². The van der Waals surface area contributed by atoms with Crippen molar-refractivity contribution in [3.05, 3.63) is 46.5 Å². The molecule has 0 saturated carbocycles. The Kier molecular flexibility index (Phi) is 21.6. The number of carbonyl (C=O) groups is 2. The molecule has 2 aromatic rings. The van der Waals surface area contributed by atoms with E-state index in [0.717, 1.165) is 63.5 Å². The minimum absolute atomic E-state index is 0.0222. The Labute approximate surface area is 308 Å². The maximum atomic E-state index is 14.4. The lowest BCUT2D eigenvalue weighted by molar-refractivity contribution is 0.0684. The topological polar surface area (TPSA) is 149 Å². The highest BCUT2D eigenvalue weighted by Gasteiger charge is 2.34. The summed E-state index contributed by atoms with van der Waals surface area (Å²) in [4.78, 5) is 23.4. The van der Waals surface area contributed by atoms with E-state index in [0.29, 0.717) is 12.8 Å². The molecule has 0 heterocycles. The molecule has 4 N–H and O–H groups in total. The first-order valence-corrected chi connectivity index (χ1v) is 21.5. The molecule has 0 aromatic heterocycles. The summed E-state index contributed by atoms with van der Waals surface area (Å²) in [5, 5.41) is 41.9. The number of phenolic OH excluding ortho intramolecular Hbond substituents is 2. The Balaban J connectivity index is 2.15. The Hall–Kier alpha value is -3.07. The number of hydrogen-bond acceptors (Lipinski definition) is 6. The number of aromatic hydroxyl groups is 2. The molecular weight excluding hydrogens is 665 g/mol. The number of hydrogen-bond donors (Lipinski definition) is 4. The SMILES string of the molecule is CCCCCCCCCCCCCCc1c(C(=O)O)ccc(O)c1S(=O)(=O)c1c(O)ccc(C(=O)O)c1CCCCCCCCCCCCCC. The van der Waals surface area contributed by atoms with Gasteiger partial charge < -0.3 is 20.4 Å². The Bertz CT molecular complexity index is 1330. The van der Waals surface area contributed by atoms with Crippen LogP contribution in [0.25, 0.3) is 0 Å². The number of benzene rings is 2. The second-order valence-corrected chi connectivity index (χ2v) is 16.1. The molecule has 0 amide bonds. The van der Waals surface area contributed by atoms with Gasteiger partial charge in [-0.05, 0) is 61.1 Å². The fourth-order valence-electron chi connectivity index (χ4n) is 7.12. The molecular formula is C42H66O8S. The fraction of sp³-hybridized carbons (Fsp3) is 0.667. The lowest BCUT2D eigenvalue weighted by Gasteiger charge is -2.19. The quantitative estimate of drug-likeness (QED) is 0.0580. The second kappa shape index (κ2) is 25.0. The summed E-state index contributed by atoms with van der Waals surface area (Å²) in [5.41, 5.74) is -0.506. The number of carboxylic acid groups (broad SMARTS) is 2. The Morgan fingerprint density at radius 3 is 0.961 bits per heavy atom. The molecule has 8 nitrogen and oxygen atoms in total. The average molecular weight is 731 g/mol. The van der Waals surface area contributed by atoms with E-state index in [1.165, 1.54) is 102 Å². The molecule has 0 bridgehead atoms. The van der Waals surface area contributed by atoms with Gasteiger partial charge in [0.2, 0.25) is 9.84 Å². The maximum Gasteiger partial charge on any atom is 0.336 e. The van der Waals surface area contributed by atoms with Crippen molar-refractivity contribution < 1.29 is 38.4 Å². The van der Waals surface area contributed by atoms with E-state index in [4.69, 9.17) is 0 Å². The molecule has 0 radical (unpaired) electrons. The van der Waals surface area contributed by atoms with Crippen molar-refractivity contribution in [2.45, 2.75) is 191 Å². The average Bonchev–Trinajstić information content (AvgIpc) is 3.08. The zero-order valence-corrected chi connectivity index (χ0v) is 32.3. The van der Waals surface area contributed by atoms with Crippen LogP contribution < -0.4 is 0 Å². The smallest absolute Gasteiger partial charge is 0.336 e. The highest BCUT2D eigenvalue weighted by Crippen LogP contribution is 2.41. The van der Waals surface area contributed by atoms with Gasteiger partial charge in [-0.1, -0.05) is 155 Å². The van der Waals surface area contributed by atoms with Gasteiger partial charge in [0.05, 0.1) is 11.1 Å². The van der Waals surface area contributed by atoms with Gasteiger partial charge >= 0.3 is 11.9 Å². The van der Waals surface area contributed by atoms with E-state index in [1.54, 1.807) is 0 Å². The van der Waals surface area contributed by atoms with Gasteiger partial charge in [0.15, 0.2) is 0 Å². The first-order chi connectivity index (χ1) is 24.6. The second-order valence-electron chi connectivity index (χ2n) is 14.3. The molecule has 0 spiro atoms. The van der Waals surface area contributed by atoms with Crippen LogP contribution in [-0.2, 0) is 22.7 Å². The number of rotatable bonds is 30. The van der Waals surface area contributed by atoms with Crippen molar-refractivity contribution in [3.8, 4) is 11.5 Å². The summed E-state index contributed by atoms with van der Waals surface area (Å²) in [6.45, 7) is 4.43. The predicted molar refractivity (Wildman–Crippen MR) is 205 cm³/mol. The van der Waals surface area contributed by atoms with Crippen LogP contribution in [0.15, 0.2) is 34.1 Å². The van der Waals surface area contributed by atoms with E-state index >= 15 is 0 Å². The van der Waals surface area contributed by atoms with E-state index in [2.05, 4.69) is 13.8 Å². The number of aromatic carboxylic acids is 2. The molecule has 51 heavy (non-hydrogen) atoms. The third-order valence-corrected chi connectivity index (χ3v) is 12.0. The molecule has 0 saturated heterocycles. The fourth-order valence-corrected chi connectivity index (χ4v) is 9.08. The highest BCUT2D eigenvalue weighted by atomic mass is 32.2. The summed E-state index contributed by atoms with van der Waals surface area (Å²) in [6.07, 6.45) is 26.6. The first-order valence-electron chi connectivity index (χ1n) is 20.0. The molecule has 0 unspecified atom stereocenters. The maximum absolute atomic E-state index is 14.4. The molecule has 2 rings (SSSR count). The van der Waals surface area contributed by atoms with Gasteiger partial charge in [0.1, 0.15) is 21.3 Å². The summed E-state index contributed by atoms with van der Waals surface area (Å²) in [6, 6.07) is 4.50. The van der Waals surface area contributed by atoms with Crippen LogP contribution in [0.1, 0.15) is 200 Å². The summed E-state index contributed by atoms with van der Waals surface area (Å²) < 4.78 is 28.8. The van der Waals surface area contributed by atoms with E-state index in [-0.39, 0.29) is 35.1 Å². The van der Waals surface area contributed by atoms with Crippen LogP contribution >= 0.6 is 0 Å². The molecule has 0 aliphatic carbocycles. The molecule has 288 valence electrons. The van der Waals surface area contributed by atoms with Gasteiger partial charge in [-0.3, -0.25) is 0 Å². The van der Waals surface area contributed by atoms with Crippen LogP contribution in [0, 0.1) is 0 Å². The standard InChI is InChI=1S/C42H66O8S/c1-3-5-7-9-11-13-15-17-19-21-23-25-27-33-35(41(45)46)29-31-37(43)39(33)51(49,50)40-34(36(42(47)48)30-32-38(40)44)28-26-24-22-20-18-16-14-12-10-8-6-4-2/h29-32,43-44H,3-28H2,1-2H3,(H,45,46)(H,47,48). The van der Waals surface area contributed by atoms with Crippen molar-refractivity contribution in [1.82, 2.24) is 0 Å². The third-order valence-electron chi connectivity index (χ3n) is 10.0. The number of phenols is 2. The summed E-state index contributed by atoms with van der Waals surface area (Å²) >= 11 is 0. The largest absolute Gasteiger partial charge is 0.507 e. The van der Waals surface area contributed by atoms with Crippen molar-refractivity contribution in [3.63, 3.8) is 0 Å². The van der Waals surface area contributed by atoms with Crippen LogP contribution in [0.3, 0.4) is 0 Å². The van der Waals surface area contributed by atoms with Gasteiger partial charge in [0, 0.05) is 0 Å². The Morgan fingerprint density at radius 1 is 0.451 bits per heavy atom. The molecule has 0 aliphatic rings. The lowest BCUT2D eigenvalue weighted by atomic mass is 9.99. The third kappa shape index (κ3) is 15.2. The molecule has 0 atom stereocenters. The van der Waals surface area contributed by atoms with Crippen molar-refractivity contribution in [2.24, 2.45) is 0 Å². The molecule has 2 aromatic carbocycles. The molecule has 9 heteroatoms. The van der Waals surface area contributed by atoms with Crippen molar-refractivity contribution in [2.75, 3.05) is 0 Å². The Morgan fingerprint density at radius 2 is 0.706 bits per heavy atom. The number of unbranched alkanes of at least 4 members (excludes halogenated alkanes) is 22. The highest BCUT2D eigenvalue weighted by molar-refractivity contribution is 7.91. The van der Waals surface area contributed by atoms with Crippen LogP contribution in [0.5, 0.6) is 11.5 Å². The van der Waals surface area contributed by atoms with Gasteiger partial charge in [-0.15, -0.1) is 0 Å². The normalized spacial score (nSPS) is 11.6. The van der Waals surface area contributed by atoms with E-state index in [1.807, 2.05) is 0 Å². The van der Waals surface area contributed by atoms with Crippen molar-refractivity contribution >= 4 is 21.8 Å². The summed E-state index contributed by atoms with van der Waals surface area (Å²) in [5.74, 6) is -3.88. The number of carboxylic acids is 2. The van der Waals surface area contributed by atoms with Crippen molar-refractivity contribution in [1.29, 1.82) is 0 Å². The lowest BCUT2D eigenvalue weighted by Crippen LogP contribution is -2.15. The predicted octanol–water partition coefficient (Wildman–Crippen LogP) is 11.8. The molecule has 0 aliphatic heterocycles. The zero-order valence-electron chi connectivity index (χ0n) is 31.5. The minimum Gasteiger partial charge on any atom is -0.507 e. The number of sulfone groups is 1. The summed E-state index contributed by atoms with van der Waals surface area (Å²) in [7, 11) is -4.73. The monoisotopic (exact) mass is 730 g/mol. The van der Waals surface area contributed by atoms with Gasteiger partial charge in [-0.2, -0.15) is 0 Å². The minimum atomic E-state index is -4.73. The van der Waals surface area contributed by atoms with Crippen LogP contribution in [-0.4, -0.2) is 40.8 Å². The van der Waals surface area contributed by atoms with E-state index in [9.17, 15) is 38.4 Å². The first kappa shape index (κ1) is 44.1. The zero-order chi connectivity index (χ0) is 37.5.